The SMILES string of the molecule is O=C(Nc1nc(-c2ccc(Br)cc2)cs1)C1CCCC1. The van der Waals surface area contributed by atoms with Crippen LogP contribution in [0.1, 0.15) is 25.7 Å². The van der Waals surface area contributed by atoms with Crippen LogP contribution < -0.4 is 5.32 Å². The number of thiazole rings is 1. The Balaban J connectivity index is 1.70. The van der Waals surface area contributed by atoms with E-state index < -0.39 is 0 Å². The standard InChI is InChI=1S/C15H15BrN2OS/c16-12-7-5-10(6-8-12)13-9-20-15(17-13)18-14(19)11-3-1-2-4-11/h5-9,11H,1-4H2,(H,17,18,19). The summed E-state index contributed by atoms with van der Waals surface area (Å²) in [7, 11) is 0. The number of aromatic nitrogens is 1. The van der Waals surface area contributed by atoms with Crippen LogP contribution in [-0.4, -0.2) is 10.9 Å². The van der Waals surface area contributed by atoms with E-state index in [0.29, 0.717) is 5.13 Å². The van der Waals surface area contributed by atoms with Gasteiger partial charge in [0, 0.05) is 21.3 Å². The molecule has 0 saturated heterocycles. The Morgan fingerprint density at radius 1 is 1.25 bits per heavy atom. The summed E-state index contributed by atoms with van der Waals surface area (Å²) in [5.41, 5.74) is 1.97. The minimum absolute atomic E-state index is 0.124. The molecule has 3 nitrogen and oxygen atoms in total. The van der Waals surface area contributed by atoms with E-state index in [1.165, 1.54) is 24.2 Å². The summed E-state index contributed by atoms with van der Waals surface area (Å²) in [5, 5.41) is 5.62. The topological polar surface area (TPSA) is 42.0 Å². The highest BCUT2D eigenvalue weighted by molar-refractivity contribution is 9.10. The second-order valence-corrected chi connectivity index (χ2v) is 6.79. The van der Waals surface area contributed by atoms with Gasteiger partial charge in [0.2, 0.25) is 5.91 Å². The van der Waals surface area contributed by atoms with E-state index in [4.69, 9.17) is 0 Å². The Morgan fingerprint density at radius 3 is 2.65 bits per heavy atom. The van der Waals surface area contributed by atoms with E-state index in [-0.39, 0.29) is 11.8 Å². The number of benzene rings is 1. The van der Waals surface area contributed by atoms with Crippen molar-refractivity contribution in [3.05, 3.63) is 34.1 Å². The number of anilines is 1. The Hall–Kier alpha value is -1.20. The first-order valence-corrected chi connectivity index (χ1v) is 8.42. The lowest BCUT2D eigenvalue weighted by molar-refractivity contribution is -0.119. The first-order chi connectivity index (χ1) is 9.72. The summed E-state index contributed by atoms with van der Waals surface area (Å²) in [6, 6.07) is 8.01. The molecule has 1 amide bonds. The largest absolute Gasteiger partial charge is 0.302 e. The zero-order chi connectivity index (χ0) is 13.9. The predicted molar refractivity (Wildman–Crippen MR) is 85.8 cm³/mol. The molecule has 0 radical (unpaired) electrons. The van der Waals surface area contributed by atoms with Gasteiger partial charge in [-0.1, -0.05) is 40.9 Å². The predicted octanol–water partition coefficient (Wildman–Crippen LogP) is 4.70. The van der Waals surface area contributed by atoms with Gasteiger partial charge in [-0.25, -0.2) is 4.98 Å². The molecule has 3 rings (SSSR count). The summed E-state index contributed by atoms with van der Waals surface area (Å²) in [6.07, 6.45) is 4.35. The van der Waals surface area contributed by atoms with E-state index in [0.717, 1.165) is 28.6 Å². The maximum absolute atomic E-state index is 12.1. The van der Waals surface area contributed by atoms with Gasteiger partial charge in [-0.2, -0.15) is 0 Å². The molecule has 20 heavy (non-hydrogen) atoms. The van der Waals surface area contributed by atoms with Crippen LogP contribution in [0.25, 0.3) is 11.3 Å². The first kappa shape index (κ1) is 13.8. The molecule has 0 bridgehead atoms. The number of hydrogen-bond donors (Lipinski definition) is 1. The van der Waals surface area contributed by atoms with Crippen LogP contribution in [0.5, 0.6) is 0 Å². The molecular formula is C15H15BrN2OS. The fraction of sp³-hybridized carbons (Fsp3) is 0.333. The van der Waals surface area contributed by atoms with Gasteiger partial charge < -0.3 is 5.32 Å². The molecule has 1 aliphatic rings. The minimum Gasteiger partial charge on any atom is -0.302 e. The van der Waals surface area contributed by atoms with Crippen LogP contribution in [-0.2, 0) is 4.79 Å². The Bertz CT molecular complexity index is 603. The molecular weight excluding hydrogens is 336 g/mol. The average Bonchev–Trinajstić information content (AvgIpc) is 3.10. The maximum atomic E-state index is 12.1. The summed E-state index contributed by atoms with van der Waals surface area (Å²) in [4.78, 5) is 16.5. The Morgan fingerprint density at radius 2 is 1.95 bits per heavy atom. The minimum atomic E-state index is 0.124. The normalized spacial score (nSPS) is 15.4. The fourth-order valence-electron chi connectivity index (χ4n) is 2.48. The number of hydrogen-bond acceptors (Lipinski definition) is 3. The van der Waals surface area contributed by atoms with E-state index >= 15 is 0 Å². The van der Waals surface area contributed by atoms with Crippen molar-refractivity contribution in [3.8, 4) is 11.3 Å². The summed E-state index contributed by atoms with van der Waals surface area (Å²) in [6.45, 7) is 0. The third-order valence-electron chi connectivity index (χ3n) is 3.60. The van der Waals surface area contributed by atoms with E-state index in [2.05, 4.69) is 26.2 Å². The van der Waals surface area contributed by atoms with Crippen molar-refractivity contribution in [1.82, 2.24) is 4.98 Å². The molecule has 1 aromatic carbocycles. The van der Waals surface area contributed by atoms with Crippen molar-refractivity contribution in [2.75, 3.05) is 5.32 Å². The van der Waals surface area contributed by atoms with Crippen molar-refractivity contribution in [2.24, 2.45) is 5.92 Å². The van der Waals surface area contributed by atoms with Gasteiger partial charge in [-0.05, 0) is 25.0 Å². The highest BCUT2D eigenvalue weighted by Crippen LogP contribution is 2.29. The van der Waals surface area contributed by atoms with Gasteiger partial charge in [-0.3, -0.25) is 4.79 Å². The number of carbonyl (C=O) groups excluding carboxylic acids is 1. The molecule has 5 heteroatoms. The van der Waals surface area contributed by atoms with E-state index in [1.807, 2.05) is 29.6 Å². The monoisotopic (exact) mass is 350 g/mol. The number of rotatable bonds is 3. The maximum Gasteiger partial charge on any atom is 0.229 e. The van der Waals surface area contributed by atoms with Crippen molar-refractivity contribution in [3.63, 3.8) is 0 Å². The summed E-state index contributed by atoms with van der Waals surface area (Å²) in [5.74, 6) is 0.300. The number of amides is 1. The van der Waals surface area contributed by atoms with Crippen molar-refractivity contribution in [1.29, 1.82) is 0 Å². The molecule has 1 N–H and O–H groups in total. The summed E-state index contributed by atoms with van der Waals surface area (Å²) >= 11 is 4.90. The van der Waals surface area contributed by atoms with E-state index in [1.54, 1.807) is 0 Å². The number of nitrogens with one attached hydrogen (secondary N) is 1. The molecule has 2 aromatic rings. The number of nitrogens with zero attached hydrogens (tertiary/aromatic N) is 1. The van der Waals surface area contributed by atoms with E-state index in [9.17, 15) is 4.79 Å². The van der Waals surface area contributed by atoms with Gasteiger partial charge in [-0.15, -0.1) is 11.3 Å². The van der Waals surface area contributed by atoms with Gasteiger partial charge in [0.15, 0.2) is 5.13 Å². The number of carbonyl (C=O) groups is 1. The second kappa shape index (κ2) is 6.06. The van der Waals surface area contributed by atoms with Gasteiger partial charge in [0.1, 0.15) is 0 Å². The highest BCUT2D eigenvalue weighted by Gasteiger charge is 2.23. The molecule has 1 aromatic heterocycles. The van der Waals surface area contributed by atoms with Crippen molar-refractivity contribution >= 4 is 38.3 Å². The first-order valence-electron chi connectivity index (χ1n) is 6.75. The van der Waals surface area contributed by atoms with Crippen LogP contribution in [0.15, 0.2) is 34.1 Å². The molecule has 1 heterocycles. The highest BCUT2D eigenvalue weighted by atomic mass is 79.9. The van der Waals surface area contributed by atoms with Gasteiger partial charge in [0.05, 0.1) is 5.69 Å². The quantitative estimate of drug-likeness (QED) is 0.871. The lowest BCUT2D eigenvalue weighted by Crippen LogP contribution is -2.20. The molecule has 1 saturated carbocycles. The summed E-state index contributed by atoms with van der Waals surface area (Å²) < 4.78 is 1.05. The van der Waals surface area contributed by atoms with Crippen molar-refractivity contribution < 1.29 is 4.79 Å². The van der Waals surface area contributed by atoms with Gasteiger partial charge >= 0.3 is 0 Å². The molecule has 0 spiro atoms. The van der Waals surface area contributed by atoms with Gasteiger partial charge in [0.25, 0.3) is 0 Å². The van der Waals surface area contributed by atoms with Crippen LogP contribution >= 0.6 is 27.3 Å². The third kappa shape index (κ3) is 3.10. The van der Waals surface area contributed by atoms with Crippen molar-refractivity contribution in [2.45, 2.75) is 25.7 Å². The molecule has 1 aliphatic carbocycles. The number of halogens is 1. The molecule has 104 valence electrons. The smallest absolute Gasteiger partial charge is 0.229 e. The second-order valence-electron chi connectivity index (χ2n) is 5.02. The third-order valence-corrected chi connectivity index (χ3v) is 4.89. The van der Waals surface area contributed by atoms with Crippen LogP contribution in [0.2, 0.25) is 0 Å². The average molecular weight is 351 g/mol. The lowest BCUT2D eigenvalue weighted by Gasteiger charge is -2.07. The molecule has 0 atom stereocenters. The van der Waals surface area contributed by atoms with Crippen LogP contribution in [0.3, 0.4) is 0 Å². The lowest BCUT2D eigenvalue weighted by atomic mass is 10.1. The molecule has 0 unspecified atom stereocenters. The Labute approximate surface area is 130 Å². The fourth-order valence-corrected chi connectivity index (χ4v) is 3.47. The zero-order valence-corrected chi connectivity index (χ0v) is 13.3. The zero-order valence-electron chi connectivity index (χ0n) is 10.9. The Kier molecular flexibility index (Phi) is 4.17. The molecule has 0 aliphatic heterocycles. The van der Waals surface area contributed by atoms with Crippen LogP contribution in [0.4, 0.5) is 5.13 Å². The molecule has 1 fully saturated rings. The van der Waals surface area contributed by atoms with Crippen LogP contribution in [0, 0.1) is 5.92 Å².